The molecular formula is C31H32N5OP. The lowest BCUT2D eigenvalue weighted by atomic mass is 9.66. The fraction of sp³-hybridized carbons (Fsp3) is 0.387. The van der Waals surface area contributed by atoms with Crippen LogP contribution in [0.2, 0.25) is 0 Å². The number of nitrogens with zero attached hydrogens (tertiary/aromatic N) is 4. The third-order valence-corrected chi connectivity index (χ3v) is 10.3. The second kappa shape index (κ2) is 7.74. The molecule has 38 heavy (non-hydrogen) atoms. The number of carbonyl (C=O) groups is 1. The van der Waals surface area contributed by atoms with Gasteiger partial charge in [0, 0.05) is 30.8 Å². The van der Waals surface area contributed by atoms with E-state index >= 15 is 0 Å². The van der Waals surface area contributed by atoms with Gasteiger partial charge in [-0.3, -0.25) is 9.78 Å². The van der Waals surface area contributed by atoms with Gasteiger partial charge in [-0.15, -0.1) is 9.24 Å². The van der Waals surface area contributed by atoms with Crippen molar-refractivity contribution >= 4 is 31.5 Å². The number of rotatable bonds is 3. The van der Waals surface area contributed by atoms with E-state index in [0.29, 0.717) is 11.8 Å². The molecule has 2 fully saturated rings. The number of amides is 1. The van der Waals surface area contributed by atoms with Crippen molar-refractivity contribution in [2.45, 2.75) is 62.6 Å². The van der Waals surface area contributed by atoms with Gasteiger partial charge in [0.15, 0.2) is 0 Å². The molecular weight excluding hydrogens is 489 g/mol. The van der Waals surface area contributed by atoms with E-state index in [1.807, 2.05) is 24.2 Å². The first-order valence-corrected chi connectivity index (χ1v) is 14.4. The van der Waals surface area contributed by atoms with Crippen molar-refractivity contribution in [2.24, 2.45) is 11.7 Å². The third kappa shape index (κ3) is 2.99. The number of imidazole rings is 1. The molecule has 7 heteroatoms. The number of carbonyl (C=O) groups excluding carboxylic acids is 1. The summed E-state index contributed by atoms with van der Waals surface area (Å²) in [7, 11) is 4.80. The lowest BCUT2D eigenvalue weighted by molar-refractivity contribution is 0.0734. The van der Waals surface area contributed by atoms with E-state index < -0.39 is 0 Å². The molecule has 0 saturated heterocycles. The van der Waals surface area contributed by atoms with E-state index in [1.165, 1.54) is 24.0 Å². The summed E-state index contributed by atoms with van der Waals surface area (Å²) < 4.78 is 2.42. The van der Waals surface area contributed by atoms with Crippen molar-refractivity contribution in [1.29, 1.82) is 0 Å². The number of fused-ring (bicyclic) bond motifs is 9. The Morgan fingerprint density at radius 3 is 2.63 bits per heavy atom. The van der Waals surface area contributed by atoms with Crippen LogP contribution in [0, 0.1) is 5.92 Å². The summed E-state index contributed by atoms with van der Waals surface area (Å²) in [5.41, 5.74) is 15.1. The van der Waals surface area contributed by atoms with Crippen LogP contribution in [-0.2, 0) is 5.54 Å². The van der Waals surface area contributed by atoms with Crippen LogP contribution in [0.5, 0.6) is 0 Å². The molecule has 0 radical (unpaired) electrons. The molecule has 2 aliphatic heterocycles. The molecule has 2 aromatic heterocycles. The van der Waals surface area contributed by atoms with Crippen molar-refractivity contribution in [2.75, 3.05) is 7.05 Å². The zero-order valence-electron chi connectivity index (χ0n) is 21.8. The van der Waals surface area contributed by atoms with Crippen molar-refractivity contribution in [3.8, 4) is 11.1 Å². The van der Waals surface area contributed by atoms with Gasteiger partial charge in [-0.25, -0.2) is 4.98 Å². The van der Waals surface area contributed by atoms with Gasteiger partial charge in [0.25, 0.3) is 5.91 Å². The normalized spacial score (nSPS) is 27.7. The molecule has 2 aromatic carbocycles. The second-order valence-corrected chi connectivity index (χ2v) is 12.6. The van der Waals surface area contributed by atoms with E-state index in [1.54, 1.807) is 0 Å². The minimum Gasteiger partial charge on any atom is -0.331 e. The van der Waals surface area contributed by atoms with Gasteiger partial charge in [0.05, 0.1) is 34.3 Å². The van der Waals surface area contributed by atoms with Crippen LogP contribution in [0.15, 0.2) is 48.7 Å². The monoisotopic (exact) mass is 521 g/mol. The Labute approximate surface area is 224 Å². The highest BCUT2D eigenvalue weighted by Gasteiger charge is 2.46. The number of hydrogen-bond acceptors (Lipinski definition) is 4. The number of benzene rings is 2. The molecule has 5 atom stereocenters. The minimum atomic E-state index is -0.321. The molecule has 6 nitrogen and oxygen atoms in total. The average Bonchev–Trinajstić information content (AvgIpc) is 3.64. The summed E-state index contributed by atoms with van der Waals surface area (Å²) >= 11 is 0. The largest absolute Gasteiger partial charge is 0.331 e. The van der Waals surface area contributed by atoms with Crippen molar-refractivity contribution in [3.05, 3.63) is 76.9 Å². The zero-order valence-corrected chi connectivity index (χ0v) is 23.0. The van der Waals surface area contributed by atoms with Gasteiger partial charge >= 0.3 is 0 Å². The minimum absolute atomic E-state index is 0.0207. The summed E-state index contributed by atoms with van der Waals surface area (Å²) in [5.74, 6) is 2.14. The molecule has 2 bridgehead atoms. The van der Waals surface area contributed by atoms with Gasteiger partial charge in [0.2, 0.25) is 0 Å². The zero-order chi connectivity index (χ0) is 25.9. The summed E-state index contributed by atoms with van der Waals surface area (Å²) in [4.78, 5) is 25.4. The highest BCUT2D eigenvalue weighted by Crippen LogP contribution is 2.52. The maximum Gasteiger partial charge on any atom is 0.254 e. The predicted molar refractivity (Wildman–Crippen MR) is 153 cm³/mol. The fourth-order valence-corrected chi connectivity index (χ4v) is 7.72. The number of aromatic nitrogens is 3. The summed E-state index contributed by atoms with van der Waals surface area (Å²) in [6.07, 6.45) is 7.41. The standard InChI is InChI=1S/C31H32N5OP/c1-16-10-11-31(16,32)28-26(38)13-19(15-33-28)18-8-9-22-23(12-18)36-24-14-25(29(36)34-22)35(2)30(37)21-5-3-4-20(27(21)24)17-6-7-17/h3-5,8-9,12-13,15-17,24-25H,6-7,10-11,14,32,38H2,1-2H3/t16-,24?,25?,31+/m1/s1. The fourth-order valence-electron chi connectivity index (χ4n) is 7.20. The maximum atomic E-state index is 13.5. The lowest BCUT2D eigenvalue weighted by Crippen LogP contribution is -2.53. The van der Waals surface area contributed by atoms with Crippen molar-refractivity contribution in [3.63, 3.8) is 0 Å². The Hall–Kier alpha value is -3.08. The molecule has 2 aliphatic carbocycles. The number of nitrogens with two attached hydrogens (primary N) is 1. The summed E-state index contributed by atoms with van der Waals surface area (Å²) in [6.45, 7) is 2.22. The Balaban J connectivity index is 1.28. The SMILES string of the molecule is C[C@@H]1CC[C@@]1(N)c1ncc(-c2ccc3nc4n(c3c2)C2CC4N(C)C(=O)c3cccc(C4CC4)c32)cc1P. The van der Waals surface area contributed by atoms with E-state index in [0.717, 1.165) is 63.8 Å². The quantitative estimate of drug-likeness (QED) is 0.377. The van der Waals surface area contributed by atoms with Crippen molar-refractivity contribution in [1.82, 2.24) is 19.4 Å². The Morgan fingerprint density at radius 1 is 1.08 bits per heavy atom. The molecule has 4 aromatic rings. The Kier molecular flexibility index (Phi) is 4.66. The van der Waals surface area contributed by atoms with Gasteiger partial charge in [0.1, 0.15) is 5.82 Å². The van der Waals surface area contributed by atoms with Crippen LogP contribution in [0.3, 0.4) is 0 Å². The third-order valence-electron chi connectivity index (χ3n) is 9.84. The number of hydrogen-bond donors (Lipinski definition) is 1. The lowest BCUT2D eigenvalue weighted by Gasteiger charge is -2.45. The first-order valence-electron chi connectivity index (χ1n) is 13.8. The summed E-state index contributed by atoms with van der Waals surface area (Å²) in [6, 6.07) is 15.1. The molecule has 4 heterocycles. The highest BCUT2D eigenvalue weighted by molar-refractivity contribution is 7.27. The smallest absolute Gasteiger partial charge is 0.254 e. The molecule has 4 aliphatic rings. The second-order valence-electron chi connectivity index (χ2n) is 12.0. The van der Waals surface area contributed by atoms with Gasteiger partial charge in [-0.2, -0.15) is 0 Å². The predicted octanol–water partition coefficient (Wildman–Crippen LogP) is 5.18. The van der Waals surface area contributed by atoms with Crippen LogP contribution in [-0.4, -0.2) is 32.4 Å². The average molecular weight is 522 g/mol. The van der Waals surface area contributed by atoms with E-state index in [4.69, 9.17) is 15.7 Å². The van der Waals surface area contributed by atoms with Gasteiger partial charge in [-0.1, -0.05) is 25.1 Å². The molecule has 8 rings (SSSR count). The molecule has 1 amide bonds. The highest BCUT2D eigenvalue weighted by atomic mass is 31.0. The molecule has 192 valence electrons. The first-order chi connectivity index (χ1) is 18.3. The van der Waals surface area contributed by atoms with Crippen LogP contribution in [0.4, 0.5) is 0 Å². The van der Waals surface area contributed by atoms with Crippen LogP contribution < -0.4 is 11.0 Å². The van der Waals surface area contributed by atoms with Gasteiger partial charge in [-0.05, 0) is 83.8 Å². The Morgan fingerprint density at radius 2 is 1.92 bits per heavy atom. The first kappa shape index (κ1) is 22.9. The van der Waals surface area contributed by atoms with Crippen LogP contribution in [0.25, 0.3) is 22.2 Å². The molecule has 3 unspecified atom stereocenters. The molecule has 0 spiro atoms. The van der Waals surface area contributed by atoms with Crippen LogP contribution >= 0.6 is 9.24 Å². The van der Waals surface area contributed by atoms with E-state index in [-0.39, 0.29) is 23.5 Å². The number of pyridine rings is 1. The maximum absolute atomic E-state index is 13.5. The van der Waals surface area contributed by atoms with E-state index in [2.05, 4.69) is 57.1 Å². The van der Waals surface area contributed by atoms with Gasteiger partial charge < -0.3 is 15.2 Å². The van der Waals surface area contributed by atoms with E-state index in [9.17, 15) is 4.79 Å². The van der Waals surface area contributed by atoms with Crippen LogP contribution in [0.1, 0.15) is 90.0 Å². The topological polar surface area (TPSA) is 77.0 Å². The molecule has 2 saturated carbocycles. The Bertz CT molecular complexity index is 1670. The molecule has 2 N–H and O–H groups in total. The summed E-state index contributed by atoms with van der Waals surface area (Å²) in [5, 5.41) is 1.07. The van der Waals surface area contributed by atoms with Crippen molar-refractivity contribution < 1.29 is 4.79 Å².